The van der Waals surface area contributed by atoms with Gasteiger partial charge >= 0.3 is 0 Å². The number of hydrogen-bond acceptors (Lipinski definition) is 6. The fourth-order valence-corrected chi connectivity index (χ4v) is 5.19. The number of nitrogens with zero attached hydrogens (tertiary/aromatic N) is 6. The topological polar surface area (TPSA) is 78.8 Å². The van der Waals surface area contributed by atoms with Crippen molar-refractivity contribution in [2.24, 2.45) is 9.98 Å². The Labute approximate surface area is 280 Å². The predicted octanol–water partition coefficient (Wildman–Crippen LogP) is 10.4. The number of nitriles is 2. The van der Waals surface area contributed by atoms with Gasteiger partial charge in [-0.1, -0.05) is 97.1 Å². The summed E-state index contributed by atoms with van der Waals surface area (Å²) in [5, 5.41) is 19.7. The first-order valence-corrected chi connectivity index (χ1v) is 15.4. The van der Waals surface area contributed by atoms with Crippen molar-refractivity contribution in [3.8, 4) is 12.1 Å². The average molecular weight is 619 g/mol. The summed E-state index contributed by atoms with van der Waals surface area (Å²) in [6.45, 7) is 0. The lowest BCUT2D eigenvalue weighted by molar-refractivity contribution is 1.27. The minimum atomic E-state index is -0.0658. The van der Waals surface area contributed by atoms with E-state index in [4.69, 9.17) is 0 Å². The van der Waals surface area contributed by atoms with E-state index in [0.29, 0.717) is 0 Å². The molecule has 48 heavy (non-hydrogen) atoms. The number of anilines is 6. The van der Waals surface area contributed by atoms with Crippen LogP contribution in [0, 0.1) is 22.7 Å². The summed E-state index contributed by atoms with van der Waals surface area (Å²) in [4.78, 5) is 13.0. The maximum Gasteiger partial charge on any atom is 0.176 e. The van der Waals surface area contributed by atoms with Gasteiger partial charge in [0.05, 0.1) is 0 Å². The van der Waals surface area contributed by atoms with Crippen molar-refractivity contribution in [2.75, 3.05) is 9.80 Å². The Morgan fingerprint density at radius 1 is 0.375 bits per heavy atom. The highest BCUT2D eigenvalue weighted by Crippen LogP contribution is 2.35. The molecule has 0 fully saturated rings. The third kappa shape index (κ3) is 7.43. The van der Waals surface area contributed by atoms with E-state index in [9.17, 15) is 10.5 Å². The summed E-state index contributed by atoms with van der Waals surface area (Å²) in [7, 11) is 0. The quantitative estimate of drug-likeness (QED) is 0.113. The summed E-state index contributed by atoms with van der Waals surface area (Å²) < 4.78 is 0. The van der Waals surface area contributed by atoms with Crippen LogP contribution in [-0.4, -0.2) is 12.4 Å². The number of aliphatic imine (C=N–C) groups is 2. The van der Waals surface area contributed by atoms with Crippen LogP contribution in [-0.2, 0) is 0 Å². The van der Waals surface area contributed by atoms with Gasteiger partial charge in [-0.25, -0.2) is 9.98 Å². The molecule has 0 atom stereocenters. The van der Waals surface area contributed by atoms with Crippen LogP contribution in [0.3, 0.4) is 0 Å². The Morgan fingerprint density at radius 2 is 0.625 bits per heavy atom. The van der Waals surface area contributed by atoms with Crippen molar-refractivity contribution in [2.45, 2.75) is 0 Å². The minimum absolute atomic E-state index is 0.0658. The molecule has 0 N–H and O–H groups in total. The van der Waals surface area contributed by atoms with Crippen LogP contribution in [0.15, 0.2) is 191 Å². The number of hydrogen-bond donors (Lipinski definition) is 0. The van der Waals surface area contributed by atoms with Crippen molar-refractivity contribution in [3.05, 3.63) is 192 Å². The third-order valence-corrected chi connectivity index (χ3v) is 7.48. The SMILES string of the molecule is N#C/C(N=Cc1ccc(N(c2ccccc2)c2ccccc2)cc1)=C(/C#N)N=Cc1ccc(N(c2ccccc2)c2ccccc2)cc1. The molecule has 6 nitrogen and oxygen atoms in total. The Hall–Kier alpha value is -7.02. The summed E-state index contributed by atoms with van der Waals surface area (Å²) in [6.07, 6.45) is 3.14. The highest BCUT2D eigenvalue weighted by molar-refractivity contribution is 5.85. The van der Waals surface area contributed by atoms with E-state index in [2.05, 4.69) is 68.3 Å². The van der Waals surface area contributed by atoms with Crippen LogP contribution in [0.4, 0.5) is 34.1 Å². The Bertz CT molecular complexity index is 1870. The van der Waals surface area contributed by atoms with E-state index in [1.54, 1.807) is 12.4 Å². The van der Waals surface area contributed by atoms with E-state index >= 15 is 0 Å². The smallest absolute Gasteiger partial charge is 0.176 e. The van der Waals surface area contributed by atoms with Gasteiger partial charge in [-0.05, 0) is 83.9 Å². The van der Waals surface area contributed by atoms with Crippen molar-refractivity contribution in [1.82, 2.24) is 0 Å². The molecule has 0 aliphatic heterocycles. The van der Waals surface area contributed by atoms with E-state index in [0.717, 1.165) is 45.3 Å². The summed E-state index contributed by atoms with van der Waals surface area (Å²) in [5.74, 6) is 0. The van der Waals surface area contributed by atoms with Gasteiger partial charge in [-0.15, -0.1) is 0 Å². The second-order valence-electron chi connectivity index (χ2n) is 10.6. The average Bonchev–Trinajstić information content (AvgIpc) is 3.16. The van der Waals surface area contributed by atoms with Gasteiger partial charge in [-0.3, -0.25) is 0 Å². The van der Waals surface area contributed by atoms with Crippen LogP contribution in [0.1, 0.15) is 11.1 Å². The molecule has 0 aliphatic carbocycles. The molecule has 0 bridgehead atoms. The number of allylic oxidation sites excluding steroid dienone is 2. The van der Waals surface area contributed by atoms with Gasteiger partial charge in [0, 0.05) is 46.6 Å². The van der Waals surface area contributed by atoms with E-state index in [1.165, 1.54) is 0 Å². The first-order valence-electron chi connectivity index (χ1n) is 15.4. The van der Waals surface area contributed by atoms with E-state index in [1.807, 2.05) is 133 Å². The molecule has 0 amide bonds. The zero-order valence-electron chi connectivity index (χ0n) is 26.0. The van der Waals surface area contributed by atoms with Crippen LogP contribution in [0.2, 0.25) is 0 Å². The molecule has 0 spiro atoms. The predicted molar refractivity (Wildman–Crippen MR) is 196 cm³/mol. The summed E-state index contributed by atoms with van der Waals surface area (Å²) >= 11 is 0. The maximum absolute atomic E-state index is 9.83. The molecule has 6 aromatic carbocycles. The van der Waals surface area contributed by atoms with Crippen molar-refractivity contribution in [3.63, 3.8) is 0 Å². The van der Waals surface area contributed by atoms with Gasteiger partial charge in [-0.2, -0.15) is 10.5 Å². The maximum atomic E-state index is 9.83. The molecule has 0 saturated carbocycles. The lowest BCUT2D eigenvalue weighted by atomic mass is 10.1. The molecule has 0 unspecified atom stereocenters. The first-order chi connectivity index (χ1) is 23.7. The van der Waals surface area contributed by atoms with Crippen molar-refractivity contribution in [1.29, 1.82) is 10.5 Å². The Balaban J connectivity index is 1.20. The lowest BCUT2D eigenvalue weighted by Crippen LogP contribution is -2.09. The third-order valence-electron chi connectivity index (χ3n) is 7.48. The largest absolute Gasteiger partial charge is 0.311 e. The fourth-order valence-electron chi connectivity index (χ4n) is 5.19. The van der Waals surface area contributed by atoms with Crippen molar-refractivity contribution < 1.29 is 0 Å². The van der Waals surface area contributed by atoms with Crippen LogP contribution < -0.4 is 9.80 Å². The van der Waals surface area contributed by atoms with E-state index in [-0.39, 0.29) is 11.4 Å². The number of rotatable bonds is 10. The molecule has 0 heterocycles. The fraction of sp³-hybridized carbons (Fsp3) is 0. The molecule has 0 saturated heterocycles. The molecule has 6 heteroatoms. The molecular formula is C42H30N6. The first kappa shape index (κ1) is 31.0. The van der Waals surface area contributed by atoms with Crippen LogP contribution in [0.25, 0.3) is 0 Å². The molecule has 6 aromatic rings. The summed E-state index contributed by atoms with van der Waals surface area (Å²) in [6, 6.07) is 60.3. The number of benzene rings is 6. The lowest BCUT2D eigenvalue weighted by Gasteiger charge is -2.25. The molecular weight excluding hydrogens is 589 g/mol. The molecule has 0 aromatic heterocycles. The molecule has 228 valence electrons. The monoisotopic (exact) mass is 618 g/mol. The molecule has 0 aliphatic rings. The zero-order valence-corrected chi connectivity index (χ0v) is 26.0. The summed E-state index contributed by atoms with van der Waals surface area (Å²) in [5.41, 5.74) is 7.54. The van der Waals surface area contributed by atoms with Gasteiger partial charge in [0.25, 0.3) is 0 Å². The standard InChI is InChI=1S/C42H30N6/c43-29-41(45-31-33-21-25-39(26-22-33)47(35-13-5-1-6-14-35)36-15-7-2-8-16-36)42(30-44)46-32-34-23-27-40(28-24-34)48(37-17-9-3-10-18-37)38-19-11-4-12-20-38/h1-28,31-32H/b42-41+,45-31?,46-32?. The molecule has 6 rings (SSSR count). The van der Waals surface area contributed by atoms with Gasteiger partial charge < -0.3 is 9.80 Å². The molecule has 0 radical (unpaired) electrons. The van der Waals surface area contributed by atoms with Crippen molar-refractivity contribution >= 4 is 46.6 Å². The second-order valence-corrected chi connectivity index (χ2v) is 10.6. The zero-order chi connectivity index (χ0) is 33.0. The van der Waals surface area contributed by atoms with Gasteiger partial charge in [0.2, 0.25) is 0 Å². The van der Waals surface area contributed by atoms with E-state index < -0.39 is 0 Å². The van der Waals surface area contributed by atoms with Gasteiger partial charge in [0.1, 0.15) is 12.1 Å². The van der Waals surface area contributed by atoms with Gasteiger partial charge in [0.15, 0.2) is 11.4 Å². The minimum Gasteiger partial charge on any atom is -0.311 e. The second kappa shape index (κ2) is 15.3. The highest BCUT2D eigenvalue weighted by atomic mass is 15.1. The Kier molecular flexibility index (Phi) is 9.89. The number of para-hydroxylation sites is 4. The normalized spacial score (nSPS) is 11.5. The van der Waals surface area contributed by atoms with Crippen LogP contribution in [0.5, 0.6) is 0 Å². The Morgan fingerprint density at radius 3 is 0.875 bits per heavy atom. The highest BCUT2D eigenvalue weighted by Gasteiger charge is 2.13. The van der Waals surface area contributed by atoms with Crippen LogP contribution >= 0.6 is 0 Å².